The minimum Gasteiger partial charge on any atom is -0.491 e. The predicted molar refractivity (Wildman–Crippen MR) is 106 cm³/mol. The van der Waals surface area contributed by atoms with Crippen LogP contribution in [0, 0.1) is 0 Å². The molecule has 0 radical (unpaired) electrons. The summed E-state index contributed by atoms with van der Waals surface area (Å²) in [6, 6.07) is 7.93. The Morgan fingerprint density at radius 2 is 2.00 bits per heavy atom. The van der Waals surface area contributed by atoms with Gasteiger partial charge in [-0.05, 0) is 64.3 Å². The third-order valence-electron chi connectivity index (χ3n) is 4.61. The molecule has 6 heteroatoms. The lowest BCUT2D eigenvalue weighted by molar-refractivity contribution is 0.0578. The number of nitrogens with zero attached hydrogens (tertiary/aromatic N) is 2. The molecule has 2 aromatic rings. The average Bonchev–Trinajstić information content (AvgIpc) is 3.11. The zero-order valence-corrected chi connectivity index (χ0v) is 16.5. The Morgan fingerprint density at radius 3 is 2.65 bits per heavy atom. The van der Waals surface area contributed by atoms with Crippen LogP contribution < -0.4 is 10.5 Å². The molecule has 1 amide bonds. The van der Waals surface area contributed by atoms with Gasteiger partial charge in [0.1, 0.15) is 16.5 Å². The van der Waals surface area contributed by atoms with E-state index >= 15 is 0 Å². The van der Waals surface area contributed by atoms with Crippen LogP contribution in [0.4, 0.5) is 0 Å². The van der Waals surface area contributed by atoms with E-state index in [0.717, 1.165) is 42.1 Å². The highest BCUT2D eigenvalue weighted by Gasteiger charge is 2.31. The molecule has 0 spiro atoms. The largest absolute Gasteiger partial charge is 0.491 e. The van der Waals surface area contributed by atoms with Crippen LogP contribution in [-0.2, 0) is 0 Å². The van der Waals surface area contributed by atoms with Gasteiger partial charge in [-0.3, -0.25) is 4.79 Å². The number of thiazole rings is 1. The highest BCUT2D eigenvalue weighted by molar-refractivity contribution is 7.13. The van der Waals surface area contributed by atoms with Crippen molar-refractivity contribution in [3.8, 4) is 16.3 Å². The molecule has 0 aliphatic carbocycles. The summed E-state index contributed by atoms with van der Waals surface area (Å²) in [4.78, 5) is 19.4. The van der Waals surface area contributed by atoms with E-state index < -0.39 is 0 Å². The molecule has 2 N–H and O–H groups in total. The molecule has 1 aromatic heterocycles. The van der Waals surface area contributed by atoms with Crippen molar-refractivity contribution in [1.29, 1.82) is 0 Å². The highest BCUT2D eigenvalue weighted by Crippen LogP contribution is 2.28. The predicted octanol–water partition coefficient (Wildman–Crippen LogP) is 3.94. The SMILES string of the molecule is CC(C)Oc1ccc(-c2nc(C(=O)N3CCCCC3C(C)N)cs2)cc1. The standard InChI is InChI=1S/C20H27N3O2S/c1-13(2)25-16-9-7-15(8-10-16)19-22-17(12-26-19)20(24)23-11-5-4-6-18(23)14(3)21/h7-10,12-14,18H,4-6,11,21H2,1-3H3. The van der Waals surface area contributed by atoms with Gasteiger partial charge in [0.05, 0.1) is 6.10 Å². The van der Waals surface area contributed by atoms with Gasteiger partial charge in [0.2, 0.25) is 0 Å². The van der Waals surface area contributed by atoms with E-state index in [1.807, 2.05) is 55.3 Å². The zero-order chi connectivity index (χ0) is 18.7. The molecule has 0 saturated carbocycles. The molecule has 1 aliphatic rings. The number of carbonyl (C=O) groups is 1. The van der Waals surface area contributed by atoms with Gasteiger partial charge in [0.15, 0.2) is 0 Å². The lowest BCUT2D eigenvalue weighted by atomic mass is 9.96. The van der Waals surface area contributed by atoms with Crippen molar-refractivity contribution < 1.29 is 9.53 Å². The second-order valence-corrected chi connectivity index (χ2v) is 8.01. The molecule has 3 rings (SSSR count). The van der Waals surface area contributed by atoms with Gasteiger partial charge in [-0.2, -0.15) is 0 Å². The molecule has 2 unspecified atom stereocenters. The molecule has 1 aliphatic heterocycles. The van der Waals surface area contributed by atoms with Crippen LogP contribution in [-0.4, -0.2) is 40.5 Å². The smallest absolute Gasteiger partial charge is 0.273 e. The van der Waals surface area contributed by atoms with E-state index in [-0.39, 0.29) is 24.1 Å². The Kier molecular flexibility index (Phi) is 5.94. The van der Waals surface area contributed by atoms with Crippen LogP contribution >= 0.6 is 11.3 Å². The summed E-state index contributed by atoms with van der Waals surface area (Å²) in [5.74, 6) is 0.832. The topological polar surface area (TPSA) is 68.5 Å². The van der Waals surface area contributed by atoms with Gasteiger partial charge < -0.3 is 15.4 Å². The average molecular weight is 374 g/mol. The fourth-order valence-electron chi connectivity index (χ4n) is 3.36. The third-order valence-corrected chi connectivity index (χ3v) is 5.50. The van der Waals surface area contributed by atoms with E-state index in [0.29, 0.717) is 5.69 Å². The minimum atomic E-state index is -0.0224. The van der Waals surface area contributed by atoms with Gasteiger partial charge in [-0.25, -0.2) is 4.98 Å². The Labute approximate surface area is 159 Å². The molecule has 140 valence electrons. The normalized spacial score (nSPS) is 18.8. The number of nitrogens with two attached hydrogens (primary N) is 1. The summed E-state index contributed by atoms with van der Waals surface area (Å²) in [6.45, 7) is 6.74. The summed E-state index contributed by atoms with van der Waals surface area (Å²) in [5.41, 5.74) is 7.60. The maximum absolute atomic E-state index is 12.9. The number of piperidine rings is 1. The van der Waals surface area contributed by atoms with E-state index in [9.17, 15) is 4.79 Å². The summed E-state index contributed by atoms with van der Waals surface area (Å²) in [5, 5.41) is 2.70. The first-order valence-corrected chi connectivity index (χ1v) is 10.1. The summed E-state index contributed by atoms with van der Waals surface area (Å²) >= 11 is 1.49. The maximum atomic E-state index is 12.9. The minimum absolute atomic E-state index is 0.00531. The second-order valence-electron chi connectivity index (χ2n) is 7.15. The molecule has 26 heavy (non-hydrogen) atoms. The second kappa shape index (κ2) is 8.18. The van der Waals surface area contributed by atoms with Crippen molar-refractivity contribution in [2.45, 2.75) is 58.2 Å². The molecular weight excluding hydrogens is 346 g/mol. The first-order valence-electron chi connectivity index (χ1n) is 9.25. The molecule has 1 fully saturated rings. The van der Waals surface area contributed by atoms with Crippen LogP contribution in [0.5, 0.6) is 5.75 Å². The monoisotopic (exact) mass is 373 g/mol. The number of carbonyl (C=O) groups excluding carboxylic acids is 1. The van der Waals surface area contributed by atoms with Gasteiger partial charge in [0.25, 0.3) is 5.91 Å². The third kappa shape index (κ3) is 4.24. The van der Waals surface area contributed by atoms with Crippen molar-refractivity contribution in [2.75, 3.05) is 6.54 Å². The molecule has 1 aromatic carbocycles. The molecular formula is C20H27N3O2S. The maximum Gasteiger partial charge on any atom is 0.273 e. The van der Waals surface area contributed by atoms with Crippen molar-refractivity contribution in [2.24, 2.45) is 5.73 Å². The van der Waals surface area contributed by atoms with E-state index in [4.69, 9.17) is 10.5 Å². The van der Waals surface area contributed by atoms with E-state index in [2.05, 4.69) is 4.98 Å². The summed E-state index contributed by atoms with van der Waals surface area (Å²) < 4.78 is 5.67. The lowest BCUT2D eigenvalue weighted by Crippen LogP contribution is -2.51. The number of rotatable bonds is 5. The number of aromatic nitrogens is 1. The summed E-state index contributed by atoms with van der Waals surface area (Å²) in [6.07, 6.45) is 3.27. The molecule has 1 saturated heterocycles. The van der Waals surface area contributed by atoms with Gasteiger partial charge in [-0.15, -0.1) is 11.3 Å². The number of hydrogen-bond donors (Lipinski definition) is 1. The lowest BCUT2D eigenvalue weighted by Gasteiger charge is -2.37. The zero-order valence-electron chi connectivity index (χ0n) is 15.6. The molecule has 2 heterocycles. The Bertz CT molecular complexity index is 740. The van der Waals surface area contributed by atoms with Gasteiger partial charge in [0, 0.05) is 29.6 Å². The number of benzene rings is 1. The Hall–Kier alpha value is -1.92. The summed E-state index contributed by atoms with van der Waals surface area (Å²) in [7, 11) is 0. The van der Waals surface area contributed by atoms with Crippen LogP contribution in [0.3, 0.4) is 0 Å². The van der Waals surface area contributed by atoms with Crippen LogP contribution in [0.1, 0.15) is 50.5 Å². The fourth-order valence-corrected chi connectivity index (χ4v) is 4.16. The van der Waals surface area contributed by atoms with Crippen LogP contribution in [0.2, 0.25) is 0 Å². The van der Waals surface area contributed by atoms with Crippen molar-refractivity contribution in [1.82, 2.24) is 9.88 Å². The van der Waals surface area contributed by atoms with Gasteiger partial charge >= 0.3 is 0 Å². The van der Waals surface area contributed by atoms with Crippen LogP contribution in [0.25, 0.3) is 10.6 Å². The highest BCUT2D eigenvalue weighted by atomic mass is 32.1. The number of amides is 1. The molecule has 2 atom stereocenters. The Morgan fingerprint density at radius 1 is 1.27 bits per heavy atom. The van der Waals surface area contributed by atoms with E-state index in [1.165, 1.54) is 11.3 Å². The number of hydrogen-bond acceptors (Lipinski definition) is 5. The van der Waals surface area contributed by atoms with Crippen molar-refractivity contribution in [3.05, 3.63) is 35.3 Å². The number of ether oxygens (including phenoxy) is 1. The first-order chi connectivity index (χ1) is 12.5. The van der Waals surface area contributed by atoms with E-state index in [1.54, 1.807) is 0 Å². The molecule has 5 nitrogen and oxygen atoms in total. The molecule has 0 bridgehead atoms. The Balaban J connectivity index is 1.75. The van der Waals surface area contributed by atoms with Crippen molar-refractivity contribution in [3.63, 3.8) is 0 Å². The van der Waals surface area contributed by atoms with Gasteiger partial charge in [-0.1, -0.05) is 0 Å². The first kappa shape index (κ1) is 18.9. The number of likely N-dealkylation sites (tertiary alicyclic amines) is 1. The quantitative estimate of drug-likeness (QED) is 0.862. The van der Waals surface area contributed by atoms with Crippen molar-refractivity contribution >= 4 is 17.2 Å². The van der Waals surface area contributed by atoms with Crippen LogP contribution in [0.15, 0.2) is 29.6 Å². The fraction of sp³-hybridized carbons (Fsp3) is 0.500.